The molecule has 0 radical (unpaired) electrons. The lowest BCUT2D eigenvalue weighted by Gasteiger charge is -2.11. The monoisotopic (exact) mass is 474 g/mol. The normalized spacial score (nSPS) is 10.5. The smallest absolute Gasteiger partial charge is 0.255 e. The van der Waals surface area contributed by atoms with Gasteiger partial charge in [0.05, 0.1) is 5.69 Å². The van der Waals surface area contributed by atoms with Crippen molar-refractivity contribution in [2.24, 2.45) is 5.73 Å². The molecule has 0 aliphatic heterocycles. The minimum atomic E-state index is -0.155. The van der Waals surface area contributed by atoms with E-state index in [4.69, 9.17) is 5.73 Å². The molecule has 110 valence electrons. The summed E-state index contributed by atoms with van der Waals surface area (Å²) in [5.74, 6) is -0.155. The first-order valence-electron chi connectivity index (χ1n) is 6.26. The summed E-state index contributed by atoms with van der Waals surface area (Å²) in [4.78, 5) is 12.3. The number of benzene rings is 2. The molecule has 0 fully saturated rings. The first kappa shape index (κ1) is 16.7. The molecule has 0 aromatic heterocycles. The van der Waals surface area contributed by atoms with Crippen LogP contribution in [0.15, 0.2) is 49.8 Å². The minimum Gasteiger partial charge on any atom is -0.330 e. The molecule has 0 saturated carbocycles. The lowest BCUT2D eigenvalue weighted by molar-refractivity contribution is 0.102. The lowest BCUT2D eigenvalue weighted by Crippen LogP contribution is -2.13. The Morgan fingerprint density at radius 1 is 1.05 bits per heavy atom. The van der Waals surface area contributed by atoms with E-state index >= 15 is 0 Å². The van der Waals surface area contributed by atoms with Crippen molar-refractivity contribution >= 4 is 59.4 Å². The van der Waals surface area contributed by atoms with Gasteiger partial charge in [-0.05, 0) is 74.7 Å². The molecule has 0 bridgehead atoms. The summed E-state index contributed by atoms with van der Waals surface area (Å²) in [5, 5.41) is 2.90. The quantitative estimate of drug-likeness (QED) is 0.670. The number of anilines is 1. The van der Waals surface area contributed by atoms with Crippen molar-refractivity contribution < 1.29 is 4.79 Å². The van der Waals surface area contributed by atoms with Crippen LogP contribution in [0.3, 0.4) is 0 Å². The van der Waals surface area contributed by atoms with Crippen molar-refractivity contribution in [2.45, 2.75) is 6.42 Å². The van der Waals surface area contributed by atoms with Gasteiger partial charge in [-0.2, -0.15) is 0 Å². The van der Waals surface area contributed by atoms with Gasteiger partial charge >= 0.3 is 0 Å². The zero-order valence-corrected chi connectivity index (χ0v) is 15.8. The summed E-state index contributed by atoms with van der Waals surface area (Å²) in [5.41, 5.74) is 7.95. The van der Waals surface area contributed by atoms with E-state index in [2.05, 4.69) is 53.1 Å². The Morgan fingerprint density at radius 2 is 1.62 bits per heavy atom. The number of carbonyl (C=O) groups is 1. The molecule has 0 spiro atoms. The second-order valence-corrected chi connectivity index (χ2v) is 7.06. The van der Waals surface area contributed by atoms with E-state index in [-0.39, 0.29) is 5.91 Å². The van der Waals surface area contributed by atoms with Crippen LogP contribution >= 0.6 is 47.8 Å². The summed E-state index contributed by atoms with van der Waals surface area (Å²) in [6.07, 6.45) is 0.811. The van der Waals surface area contributed by atoms with Gasteiger partial charge in [-0.1, -0.05) is 28.1 Å². The predicted octanol–water partition coefficient (Wildman–Crippen LogP) is 4.73. The first-order valence-corrected chi connectivity index (χ1v) is 8.64. The minimum absolute atomic E-state index is 0.155. The van der Waals surface area contributed by atoms with Crippen LogP contribution in [0, 0.1) is 0 Å². The molecular weight excluding hydrogens is 464 g/mol. The van der Waals surface area contributed by atoms with Crippen LogP contribution in [0.4, 0.5) is 5.69 Å². The maximum absolute atomic E-state index is 12.3. The van der Waals surface area contributed by atoms with E-state index in [1.165, 1.54) is 0 Å². The Labute approximate surface area is 148 Å². The fourth-order valence-corrected chi connectivity index (χ4v) is 4.29. The SMILES string of the molecule is NCCc1ccc(C(=O)Nc2c(Br)cc(Br)cc2Br)cc1. The highest BCUT2D eigenvalue weighted by atomic mass is 79.9. The average Bonchev–Trinajstić information content (AvgIpc) is 2.43. The van der Waals surface area contributed by atoms with Crippen LogP contribution < -0.4 is 11.1 Å². The van der Waals surface area contributed by atoms with Gasteiger partial charge in [-0.25, -0.2) is 0 Å². The highest BCUT2D eigenvalue weighted by molar-refractivity contribution is 9.11. The van der Waals surface area contributed by atoms with Crippen LogP contribution in [0.5, 0.6) is 0 Å². The van der Waals surface area contributed by atoms with Crippen LogP contribution in [0.2, 0.25) is 0 Å². The summed E-state index contributed by atoms with van der Waals surface area (Å²) in [6, 6.07) is 11.2. The maximum Gasteiger partial charge on any atom is 0.255 e. The molecule has 0 atom stereocenters. The Morgan fingerprint density at radius 3 is 2.14 bits per heavy atom. The molecule has 3 nitrogen and oxygen atoms in total. The van der Waals surface area contributed by atoms with Gasteiger partial charge in [-0.3, -0.25) is 4.79 Å². The van der Waals surface area contributed by atoms with Crippen molar-refractivity contribution in [1.29, 1.82) is 0 Å². The largest absolute Gasteiger partial charge is 0.330 e. The molecule has 21 heavy (non-hydrogen) atoms. The topological polar surface area (TPSA) is 55.1 Å². The number of amides is 1. The summed E-state index contributed by atoms with van der Waals surface area (Å²) < 4.78 is 2.53. The summed E-state index contributed by atoms with van der Waals surface area (Å²) >= 11 is 10.3. The fourth-order valence-electron chi connectivity index (χ4n) is 1.84. The van der Waals surface area contributed by atoms with Crippen molar-refractivity contribution in [1.82, 2.24) is 0 Å². The van der Waals surface area contributed by atoms with E-state index in [1.807, 2.05) is 24.3 Å². The first-order chi connectivity index (χ1) is 10.0. The number of halogens is 3. The van der Waals surface area contributed by atoms with Gasteiger partial charge in [0.1, 0.15) is 0 Å². The molecule has 2 aromatic rings. The van der Waals surface area contributed by atoms with E-state index in [9.17, 15) is 4.79 Å². The maximum atomic E-state index is 12.3. The predicted molar refractivity (Wildman–Crippen MR) is 96.7 cm³/mol. The van der Waals surface area contributed by atoms with Crippen LogP contribution in [-0.4, -0.2) is 12.5 Å². The lowest BCUT2D eigenvalue weighted by atomic mass is 10.1. The van der Waals surface area contributed by atoms with Crippen molar-refractivity contribution in [2.75, 3.05) is 11.9 Å². The van der Waals surface area contributed by atoms with Gasteiger partial charge in [-0.15, -0.1) is 0 Å². The number of hydrogen-bond donors (Lipinski definition) is 2. The van der Waals surface area contributed by atoms with Crippen LogP contribution in [0.1, 0.15) is 15.9 Å². The van der Waals surface area contributed by atoms with E-state index < -0.39 is 0 Å². The molecule has 2 aromatic carbocycles. The number of rotatable bonds is 4. The zero-order chi connectivity index (χ0) is 15.4. The van der Waals surface area contributed by atoms with Crippen LogP contribution in [0.25, 0.3) is 0 Å². The fraction of sp³-hybridized carbons (Fsp3) is 0.133. The highest BCUT2D eigenvalue weighted by Gasteiger charge is 2.12. The molecule has 3 N–H and O–H groups in total. The van der Waals surface area contributed by atoms with Gasteiger partial charge in [0, 0.05) is 19.0 Å². The second-order valence-electron chi connectivity index (χ2n) is 4.43. The average molecular weight is 477 g/mol. The third-order valence-electron chi connectivity index (χ3n) is 2.89. The Bertz CT molecular complexity index is 633. The Balaban J connectivity index is 2.18. The summed E-state index contributed by atoms with van der Waals surface area (Å²) in [6.45, 7) is 0.602. The second kappa shape index (κ2) is 7.54. The zero-order valence-electron chi connectivity index (χ0n) is 11.0. The molecule has 1 amide bonds. The van der Waals surface area contributed by atoms with Gasteiger partial charge in [0.25, 0.3) is 5.91 Å². The van der Waals surface area contributed by atoms with Crippen LogP contribution in [-0.2, 0) is 6.42 Å². The molecule has 0 aliphatic rings. The molecule has 6 heteroatoms. The number of hydrogen-bond acceptors (Lipinski definition) is 2. The van der Waals surface area contributed by atoms with Crippen molar-refractivity contribution in [3.63, 3.8) is 0 Å². The molecule has 0 aliphatic carbocycles. The van der Waals surface area contributed by atoms with E-state index in [1.54, 1.807) is 12.1 Å². The Kier molecular flexibility index (Phi) is 5.98. The van der Waals surface area contributed by atoms with Gasteiger partial charge in [0.15, 0.2) is 0 Å². The molecule has 2 rings (SSSR count). The van der Waals surface area contributed by atoms with E-state index in [0.717, 1.165) is 25.4 Å². The summed E-state index contributed by atoms with van der Waals surface area (Å²) in [7, 11) is 0. The molecule has 0 unspecified atom stereocenters. The molecular formula is C15H13Br3N2O. The van der Waals surface area contributed by atoms with Gasteiger partial charge < -0.3 is 11.1 Å². The molecule has 0 saturated heterocycles. The number of carbonyl (C=O) groups excluding carboxylic acids is 1. The van der Waals surface area contributed by atoms with Crippen molar-refractivity contribution in [3.8, 4) is 0 Å². The highest BCUT2D eigenvalue weighted by Crippen LogP contribution is 2.34. The van der Waals surface area contributed by atoms with Crippen molar-refractivity contribution in [3.05, 3.63) is 60.9 Å². The Hall–Kier alpha value is -0.690. The van der Waals surface area contributed by atoms with E-state index in [0.29, 0.717) is 17.8 Å². The third kappa shape index (κ3) is 4.39. The molecule has 0 heterocycles. The third-order valence-corrected chi connectivity index (χ3v) is 4.60. The standard InChI is InChI=1S/C15H13Br3N2O/c16-11-7-12(17)14(13(18)8-11)20-15(21)10-3-1-9(2-4-10)5-6-19/h1-4,7-8H,5-6,19H2,(H,20,21). The number of nitrogens with two attached hydrogens (primary N) is 1. The van der Waals surface area contributed by atoms with Gasteiger partial charge in [0.2, 0.25) is 0 Å². The number of nitrogens with one attached hydrogen (secondary N) is 1.